The maximum Gasteiger partial charge on any atom is 0.324 e. The molecule has 1 aliphatic heterocycles. The third-order valence-corrected chi connectivity index (χ3v) is 5.10. The fourth-order valence-corrected chi connectivity index (χ4v) is 3.44. The number of allylic oxidation sites excluding steroid dienone is 2. The van der Waals surface area contributed by atoms with E-state index in [2.05, 4.69) is 0 Å². The predicted molar refractivity (Wildman–Crippen MR) is 78.1 cm³/mol. The number of rotatable bonds is 5. The molecule has 0 fully saturated rings. The quantitative estimate of drug-likeness (QED) is 0.576. The molecule has 0 N–H and O–H groups in total. The van der Waals surface area contributed by atoms with Gasteiger partial charge in [-0.25, -0.2) is 0 Å². The Morgan fingerprint density at radius 3 is 2.55 bits per heavy atom. The topological polar surface area (TPSA) is 46.6 Å². The first-order chi connectivity index (χ1) is 9.35. The third kappa shape index (κ3) is 2.61. The minimum atomic E-state index is -0.903. The molecule has 2 atom stereocenters. The highest BCUT2D eigenvalue weighted by atomic mass is 32.2. The molecule has 0 spiro atoms. The first-order valence-corrected chi connectivity index (χ1v) is 7.53. The number of ketones is 1. The Bertz CT molecular complexity index is 469. The average Bonchev–Trinajstić information content (AvgIpc) is 2.44. The summed E-state index contributed by atoms with van der Waals surface area (Å²) in [5, 5.41) is 0. The van der Waals surface area contributed by atoms with E-state index in [0.717, 1.165) is 0 Å². The van der Waals surface area contributed by atoms with Gasteiger partial charge in [-0.2, -0.15) is 4.39 Å². The number of ether oxygens (including phenoxy) is 1. The highest BCUT2D eigenvalue weighted by molar-refractivity contribution is 8.00. The van der Waals surface area contributed by atoms with E-state index >= 15 is 0 Å². The molecular weight excluding hydrogens is 281 g/mol. The van der Waals surface area contributed by atoms with Crippen LogP contribution in [-0.2, 0) is 14.3 Å². The maximum absolute atomic E-state index is 14.3. The molecule has 0 amide bonds. The van der Waals surface area contributed by atoms with E-state index in [9.17, 15) is 14.0 Å². The van der Waals surface area contributed by atoms with Gasteiger partial charge in [-0.1, -0.05) is 13.0 Å². The zero-order valence-corrected chi connectivity index (χ0v) is 13.2. The van der Waals surface area contributed by atoms with Crippen LogP contribution in [0.15, 0.2) is 23.7 Å². The van der Waals surface area contributed by atoms with Crippen molar-refractivity contribution in [2.24, 2.45) is 0 Å². The molecule has 112 valence electrons. The summed E-state index contributed by atoms with van der Waals surface area (Å²) in [7, 11) is 2.86. The first-order valence-electron chi connectivity index (χ1n) is 6.31. The monoisotopic (exact) mass is 301 g/mol. The van der Waals surface area contributed by atoms with E-state index in [1.165, 1.54) is 43.8 Å². The van der Waals surface area contributed by atoms with Crippen LogP contribution in [-0.4, -0.2) is 47.9 Å². The zero-order chi connectivity index (χ0) is 15.5. The van der Waals surface area contributed by atoms with Crippen molar-refractivity contribution in [1.82, 2.24) is 4.90 Å². The summed E-state index contributed by atoms with van der Waals surface area (Å²) in [6.45, 7) is 3.17. The third-order valence-electron chi connectivity index (χ3n) is 3.67. The number of methoxy groups -OCH3 is 1. The van der Waals surface area contributed by atoms with Crippen LogP contribution in [0.5, 0.6) is 0 Å². The predicted octanol–water partition coefficient (Wildman–Crippen LogP) is 2.31. The van der Waals surface area contributed by atoms with Crippen LogP contribution in [0.25, 0.3) is 0 Å². The number of nitrogens with zero attached hydrogens (tertiary/aromatic N) is 1. The summed E-state index contributed by atoms with van der Waals surface area (Å²) in [6.07, 6.45) is 5.43. The van der Waals surface area contributed by atoms with Crippen molar-refractivity contribution >= 4 is 23.5 Å². The minimum absolute atomic E-state index is 0.0275. The smallest absolute Gasteiger partial charge is 0.324 e. The van der Waals surface area contributed by atoms with Gasteiger partial charge in [0.25, 0.3) is 0 Å². The van der Waals surface area contributed by atoms with Crippen molar-refractivity contribution in [1.29, 1.82) is 0 Å². The van der Waals surface area contributed by atoms with Crippen LogP contribution in [0.3, 0.4) is 0 Å². The first kappa shape index (κ1) is 16.8. The number of hydrogen-bond donors (Lipinski definition) is 0. The number of carbonyl (C=O) groups is 2. The van der Waals surface area contributed by atoms with Crippen LogP contribution in [0.1, 0.15) is 20.3 Å². The molecule has 2 unspecified atom stereocenters. The lowest BCUT2D eigenvalue weighted by atomic mass is 9.91. The largest absolute Gasteiger partial charge is 0.468 e. The zero-order valence-electron chi connectivity index (χ0n) is 12.4. The number of hydrogen-bond acceptors (Lipinski definition) is 5. The van der Waals surface area contributed by atoms with Crippen molar-refractivity contribution in [2.75, 3.05) is 20.4 Å². The average molecular weight is 301 g/mol. The Balaban J connectivity index is 3.25. The van der Waals surface area contributed by atoms with E-state index in [4.69, 9.17) is 4.74 Å². The van der Waals surface area contributed by atoms with E-state index in [-0.39, 0.29) is 11.4 Å². The summed E-state index contributed by atoms with van der Waals surface area (Å²) in [5.41, 5.74) is 0.0275. The molecule has 0 bridgehead atoms. The Kier molecular flexibility index (Phi) is 5.39. The molecule has 6 heteroatoms. The second kappa shape index (κ2) is 6.43. The van der Waals surface area contributed by atoms with Gasteiger partial charge < -0.3 is 9.64 Å². The Morgan fingerprint density at radius 1 is 1.55 bits per heavy atom. The summed E-state index contributed by atoms with van der Waals surface area (Å²) >= 11 is 1.33. The molecule has 0 aliphatic carbocycles. The molecule has 0 radical (unpaired) electrons. The Labute approximate surface area is 123 Å². The van der Waals surface area contributed by atoms with Crippen molar-refractivity contribution in [3.05, 3.63) is 23.7 Å². The lowest BCUT2D eigenvalue weighted by Crippen LogP contribution is -2.53. The summed E-state index contributed by atoms with van der Waals surface area (Å²) in [5.74, 6) is -1.35. The summed E-state index contributed by atoms with van der Waals surface area (Å²) in [6, 6.07) is -0.502. The van der Waals surface area contributed by atoms with Gasteiger partial charge in [0.1, 0.15) is 4.75 Å². The van der Waals surface area contributed by atoms with Gasteiger partial charge >= 0.3 is 5.97 Å². The molecule has 0 saturated heterocycles. The fraction of sp³-hybridized carbons (Fsp3) is 0.571. The van der Waals surface area contributed by atoms with Gasteiger partial charge in [0, 0.05) is 7.05 Å². The van der Waals surface area contributed by atoms with Gasteiger partial charge in [0.15, 0.2) is 5.78 Å². The van der Waals surface area contributed by atoms with Gasteiger partial charge in [0.2, 0.25) is 5.95 Å². The standard InChI is InChI=1S/C14H20FNO3S/c1-6-14(20-5,13(18)19-4)11-8-7-10(9(2)17)12(15)16(11)3/h7-8,11H,6H2,1-5H3. The van der Waals surface area contributed by atoms with E-state index in [1.54, 1.807) is 12.3 Å². The Morgan fingerprint density at radius 2 is 2.15 bits per heavy atom. The van der Waals surface area contributed by atoms with Gasteiger partial charge in [-0.3, -0.25) is 9.59 Å². The van der Waals surface area contributed by atoms with Crippen molar-refractivity contribution in [3.63, 3.8) is 0 Å². The van der Waals surface area contributed by atoms with Crippen molar-refractivity contribution in [2.45, 2.75) is 31.1 Å². The fourth-order valence-electron chi connectivity index (χ4n) is 2.42. The molecule has 0 aromatic heterocycles. The van der Waals surface area contributed by atoms with E-state index in [1.807, 2.05) is 6.92 Å². The molecule has 1 heterocycles. The van der Waals surface area contributed by atoms with Crippen LogP contribution >= 0.6 is 11.8 Å². The van der Waals surface area contributed by atoms with Crippen LogP contribution < -0.4 is 0 Å². The number of carbonyl (C=O) groups excluding carboxylic acids is 2. The van der Waals surface area contributed by atoms with Gasteiger partial charge in [-0.15, -0.1) is 11.8 Å². The lowest BCUT2D eigenvalue weighted by molar-refractivity contribution is -0.145. The van der Waals surface area contributed by atoms with Crippen LogP contribution in [0.4, 0.5) is 4.39 Å². The molecule has 20 heavy (non-hydrogen) atoms. The van der Waals surface area contributed by atoms with Crippen molar-refractivity contribution in [3.8, 4) is 0 Å². The minimum Gasteiger partial charge on any atom is -0.468 e. The normalized spacial score (nSPS) is 21.7. The molecule has 1 rings (SSSR count). The van der Waals surface area contributed by atoms with Crippen LogP contribution in [0, 0.1) is 0 Å². The van der Waals surface area contributed by atoms with E-state index in [0.29, 0.717) is 6.42 Å². The number of likely N-dealkylation sites (N-methyl/N-ethyl adjacent to an activating group) is 1. The number of esters is 1. The molecular formula is C14H20FNO3S. The lowest BCUT2D eigenvalue weighted by Gasteiger charge is -2.41. The SMILES string of the molecule is CCC(SC)(C(=O)OC)C1C=CC(C(C)=O)=C(F)N1C. The highest BCUT2D eigenvalue weighted by Crippen LogP contribution is 2.39. The van der Waals surface area contributed by atoms with E-state index < -0.39 is 22.7 Å². The number of halogens is 1. The summed E-state index contributed by atoms with van der Waals surface area (Å²) < 4.78 is 18.3. The number of thioether (sulfide) groups is 1. The maximum atomic E-state index is 14.3. The van der Waals surface area contributed by atoms with Crippen LogP contribution in [0.2, 0.25) is 0 Å². The molecule has 4 nitrogen and oxygen atoms in total. The molecule has 0 aromatic rings. The number of Topliss-reactive ketones (excluding diaryl/α,β-unsaturated/α-hetero) is 1. The van der Waals surface area contributed by atoms with Gasteiger partial charge in [-0.05, 0) is 25.7 Å². The second-order valence-electron chi connectivity index (χ2n) is 4.61. The van der Waals surface area contributed by atoms with Crippen molar-refractivity contribution < 1.29 is 18.7 Å². The highest BCUT2D eigenvalue weighted by Gasteiger charge is 2.47. The summed E-state index contributed by atoms with van der Waals surface area (Å²) in [4.78, 5) is 24.8. The molecule has 1 aliphatic rings. The Hall–Kier alpha value is -1.30. The van der Waals surface area contributed by atoms with Gasteiger partial charge in [0.05, 0.1) is 18.7 Å². The molecule has 0 saturated carbocycles. The second-order valence-corrected chi connectivity index (χ2v) is 5.75. The molecule has 0 aromatic carbocycles.